The number of unbranched alkanes of at least 4 members (excludes halogenated alkanes) is 25. The molecule has 0 rings (SSSR count). The van der Waals surface area contributed by atoms with E-state index >= 15 is 0 Å². The minimum atomic E-state index is -0.786. The van der Waals surface area contributed by atoms with Gasteiger partial charge in [-0.1, -0.05) is 210 Å². The Morgan fingerprint density at radius 2 is 0.729 bits per heavy atom. The van der Waals surface area contributed by atoms with Crippen molar-refractivity contribution >= 4 is 17.9 Å². The lowest BCUT2D eigenvalue weighted by Gasteiger charge is -2.18. The van der Waals surface area contributed by atoms with Crippen LogP contribution in [0.25, 0.3) is 0 Å². The maximum atomic E-state index is 12.7. The lowest BCUT2D eigenvalue weighted by molar-refractivity contribution is -0.167. The summed E-state index contributed by atoms with van der Waals surface area (Å²) >= 11 is 0. The number of allylic oxidation sites excluding steroid dienone is 10. The van der Waals surface area contributed by atoms with Crippen LogP contribution in [0, 0.1) is 0 Å². The van der Waals surface area contributed by atoms with Gasteiger partial charge in [0, 0.05) is 19.3 Å². The van der Waals surface area contributed by atoms with Gasteiger partial charge >= 0.3 is 17.9 Å². The molecule has 1 atom stereocenters. The standard InChI is InChI=1S/C53H92O6/c1-4-7-10-13-16-19-22-24-25-26-27-28-29-32-34-37-40-43-46-52(55)58-49-50(48-57-51(54)45-42-39-36-33-30-21-18-15-12-9-6-3)59-53(56)47-44-41-38-35-31-23-20-17-14-11-8-5-2/h8,11,17,20,22,24-28,50H,4-7,9-10,12-16,18-19,21,23,29-49H2,1-3H3/b11-8-,20-17-,24-22-,26-25-,28-27-. The summed E-state index contributed by atoms with van der Waals surface area (Å²) in [6.07, 6.45) is 57.7. The third-order valence-corrected chi connectivity index (χ3v) is 10.6. The Kier molecular flexibility index (Phi) is 45.4. The van der Waals surface area contributed by atoms with Crippen LogP contribution < -0.4 is 0 Å². The minimum absolute atomic E-state index is 0.0855. The molecule has 0 saturated heterocycles. The molecule has 6 nitrogen and oxygen atoms in total. The molecule has 0 N–H and O–H groups in total. The van der Waals surface area contributed by atoms with Crippen molar-refractivity contribution in [1.82, 2.24) is 0 Å². The molecule has 340 valence electrons. The van der Waals surface area contributed by atoms with Crippen LogP contribution in [-0.2, 0) is 28.6 Å². The zero-order valence-electron chi connectivity index (χ0n) is 38.8. The van der Waals surface area contributed by atoms with Gasteiger partial charge in [0.25, 0.3) is 0 Å². The Morgan fingerprint density at radius 1 is 0.373 bits per heavy atom. The first-order chi connectivity index (χ1) is 29.0. The fourth-order valence-electron chi connectivity index (χ4n) is 6.83. The Morgan fingerprint density at radius 3 is 1.15 bits per heavy atom. The second-order valence-electron chi connectivity index (χ2n) is 16.4. The van der Waals surface area contributed by atoms with Gasteiger partial charge in [0.05, 0.1) is 0 Å². The van der Waals surface area contributed by atoms with Gasteiger partial charge in [0.15, 0.2) is 6.10 Å². The molecular formula is C53H92O6. The van der Waals surface area contributed by atoms with Gasteiger partial charge < -0.3 is 14.2 Å². The molecule has 0 aliphatic carbocycles. The SMILES string of the molecule is CC/C=C\C/C=C\CCCCCCCC(=O)OC(COC(=O)CCCCCCC\C=C/C=C\C=C/CCCCCCC)COC(=O)CCCCCCCCCCCCC. The molecule has 0 spiro atoms. The average Bonchev–Trinajstić information content (AvgIpc) is 3.23. The van der Waals surface area contributed by atoms with E-state index in [-0.39, 0.29) is 31.1 Å². The average molecular weight is 825 g/mol. The second-order valence-corrected chi connectivity index (χ2v) is 16.4. The molecular weight excluding hydrogens is 733 g/mol. The number of esters is 3. The van der Waals surface area contributed by atoms with Crippen LogP contribution in [-0.4, -0.2) is 37.2 Å². The monoisotopic (exact) mass is 825 g/mol. The number of carbonyl (C=O) groups is 3. The van der Waals surface area contributed by atoms with Crippen molar-refractivity contribution in [3.8, 4) is 0 Å². The van der Waals surface area contributed by atoms with Gasteiger partial charge in [0.1, 0.15) is 13.2 Å². The molecule has 6 heteroatoms. The highest BCUT2D eigenvalue weighted by Crippen LogP contribution is 2.14. The van der Waals surface area contributed by atoms with E-state index in [9.17, 15) is 14.4 Å². The van der Waals surface area contributed by atoms with Crippen molar-refractivity contribution in [2.75, 3.05) is 13.2 Å². The molecule has 0 radical (unpaired) electrons. The minimum Gasteiger partial charge on any atom is -0.462 e. The zero-order valence-corrected chi connectivity index (χ0v) is 38.8. The Balaban J connectivity index is 4.40. The molecule has 0 bridgehead atoms. The molecule has 0 aromatic rings. The van der Waals surface area contributed by atoms with E-state index in [1.165, 1.54) is 89.9 Å². The predicted octanol–water partition coefficient (Wildman–Crippen LogP) is 16.1. The summed E-state index contributed by atoms with van der Waals surface area (Å²) in [7, 11) is 0. The number of carbonyl (C=O) groups excluding carboxylic acids is 3. The third-order valence-electron chi connectivity index (χ3n) is 10.6. The van der Waals surface area contributed by atoms with Crippen LogP contribution in [0.2, 0.25) is 0 Å². The van der Waals surface area contributed by atoms with E-state index < -0.39 is 6.10 Å². The van der Waals surface area contributed by atoms with Gasteiger partial charge in [-0.15, -0.1) is 0 Å². The summed E-state index contributed by atoms with van der Waals surface area (Å²) in [4.78, 5) is 37.8. The summed E-state index contributed by atoms with van der Waals surface area (Å²) < 4.78 is 16.7. The summed E-state index contributed by atoms with van der Waals surface area (Å²) in [5.41, 5.74) is 0. The van der Waals surface area contributed by atoms with Crippen molar-refractivity contribution in [3.63, 3.8) is 0 Å². The maximum Gasteiger partial charge on any atom is 0.306 e. The van der Waals surface area contributed by atoms with E-state index in [1.54, 1.807) is 0 Å². The third kappa shape index (κ3) is 46.0. The molecule has 0 aliphatic rings. The second kappa shape index (κ2) is 47.8. The summed E-state index contributed by atoms with van der Waals surface area (Å²) in [5.74, 6) is -0.920. The fraction of sp³-hybridized carbons (Fsp3) is 0.755. The summed E-state index contributed by atoms with van der Waals surface area (Å²) in [6, 6.07) is 0. The van der Waals surface area contributed by atoms with Gasteiger partial charge in [0.2, 0.25) is 0 Å². The lowest BCUT2D eigenvalue weighted by atomic mass is 10.1. The molecule has 0 aromatic heterocycles. The number of hydrogen-bond donors (Lipinski definition) is 0. The molecule has 0 amide bonds. The molecule has 0 fully saturated rings. The van der Waals surface area contributed by atoms with Crippen molar-refractivity contribution in [3.05, 3.63) is 60.8 Å². The number of rotatable bonds is 44. The van der Waals surface area contributed by atoms with Gasteiger partial charge in [-0.3, -0.25) is 14.4 Å². The Hall–Kier alpha value is -2.89. The van der Waals surface area contributed by atoms with Gasteiger partial charge in [-0.2, -0.15) is 0 Å². The highest BCUT2D eigenvalue weighted by molar-refractivity contribution is 5.71. The van der Waals surface area contributed by atoms with Crippen molar-refractivity contribution in [2.45, 2.75) is 245 Å². The number of ether oxygens (including phenoxy) is 3. The van der Waals surface area contributed by atoms with Crippen molar-refractivity contribution in [1.29, 1.82) is 0 Å². The topological polar surface area (TPSA) is 78.9 Å². The van der Waals surface area contributed by atoms with Crippen LogP contribution in [0.1, 0.15) is 239 Å². The van der Waals surface area contributed by atoms with E-state index in [2.05, 4.69) is 81.5 Å². The van der Waals surface area contributed by atoms with Crippen LogP contribution in [0.15, 0.2) is 60.8 Å². The van der Waals surface area contributed by atoms with Crippen molar-refractivity contribution < 1.29 is 28.6 Å². The number of hydrogen-bond acceptors (Lipinski definition) is 6. The molecule has 59 heavy (non-hydrogen) atoms. The first-order valence-corrected chi connectivity index (χ1v) is 24.8. The molecule has 0 saturated carbocycles. The largest absolute Gasteiger partial charge is 0.462 e. The van der Waals surface area contributed by atoms with Crippen LogP contribution in [0.4, 0.5) is 0 Å². The van der Waals surface area contributed by atoms with E-state index in [1.807, 2.05) is 0 Å². The summed E-state index contributed by atoms with van der Waals surface area (Å²) in [5, 5.41) is 0. The fourth-order valence-corrected chi connectivity index (χ4v) is 6.83. The first kappa shape index (κ1) is 56.1. The molecule has 0 aromatic carbocycles. The van der Waals surface area contributed by atoms with Crippen LogP contribution in [0.5, 0.6) is 0 Å². The normalized spacial score (nSPS) is 12.5. The molecule has 1 unspecified atom stereocenters. The highest BCUT2D eigenvalue weighted by atomic mass is 16.6. The molecule has 0 aliphatic heterocycles. The van der Waals surface area contributed by atoms with Gasteiger partial charge in [-0.05, 0) is 70.6 Å². The van der Waals surface area contributed by atoms with Crippen LogP contribution in [0.3, 0.4) is 0 Å². The zero-order chi connectivity index (χ0) is 43.0. The van der Waals surface area contributed by atoms with E-state index in [0.29, 0.717) is 19.3 Å². The lowest BCUT2D eigenvalue weighted by Crippen LogP contribution is -2.30. The predicted molar refractivity (Wildman–Crippen MR) is 251 cm³/mol. The quantitative estimate of drug-likeness (QED) is 0.0200. The van der Waals surface area contributed by atoms with E-state index in [0.717, 1.165) is 109 Å². The smallest absolute Gasteiger partial charge is 0.306 e. The Labute approximate surface area is 364 Å². The van der Waals surface area contributed by atoms with Gasteiger partial charge in [-0.25, -0.2) is 0 Å². The van der Waals surface area contributed by atoms with Crippen molar-refractivity contribution in [2.24, 2.45) is 0 Å². The first-order valence-electron chi connectivity index (χ1n) is 24.8. The highest BCUT2D eigenvalue weighted by Gasteiger charge is 2.19. The maximum absolute atomic E-state index is 12.7. The Bertz CT molecular complexity index is 1090. The molecule has 0 heterocycles. The van der Waals surface area contributed by atoms with E-state index in [4.69, 9.17) is 14.2 Å². The summed E-state index contributed by atoms with van der Waals surface area (Å²) in [6.45, 7) is 6.47. The van der Waals surface area contributed by atoms with Crippen LogP contribution >= 0.6 is 0 Å².